The van der Waals surface area contributed by atoms with Gasteiger partial charge in [-0.25, -0.2) is 0 Å². The van der Waals surface area contributed by atoms with Crippen LogP contribution in [-0.4, -0.2) is 0 Å². The van der Waals surface area contributed by atoms with Gasteiger partial charge in [0.05, 0.1) is 0 Å². The van der Waals surface area contributed by atoms with Gasteiger partial charge in [-0.1, -0.05) is 34.6 Å². The van der Waals surface area contributed by atoms with Gasteiger partial charge in [-0.15, -0.1) is 0 Å². The molecule has 0 bridgehead atoms. The molecule has 0 aromatic carbocycles. The minimum Gasteiger partial charge on any atom is -0.0625 e. The van der Waals surface area contributed by atoms with Gasteiger partial charge >= 0.3 is 0 Å². The number of rotatable bonds is 2. The van der Waals surface area contributed by atoms with Crippen molar-refractivity contribution in [3.05, 3.63) is 0 Å². The van der Waals surface area contributed by atoms with E-state index in [1.807, 2.05) is 0 Å². The fraction of sp³-hybridized carbons (Fsp3) is 1.00. The standard InChI is InChI=1S/C14H26/c1-8(2)12-7-14(11(12)5)13-6-9(3)10(13)4/h8-14H,6-7H2,1-5H3. The van der Waals surface area contributed by atoms with Crippen molar-refractivity contribution in [3.8, 4) is 0 Å². The molecular formula is C14H26. The van der Waals surface area contributed by atoms with Crippen molar-refractivity contribution in [1.29, 1.82) is 0 Å². The van der Waals surface area contributed by atoms with Gasteiger partial charge in [-0.05, 0) is 54.3 Å². The molecule has 0 spiro atoms. The topological polar surface area (TPSA) is 0 Å². The molecule has 2 saturated carbocycles. The molecule has 2 fully saturated rings. The minimum absolute atomic E-state index is 0.911. The van der Waals surface area contributed by atoms with Crippen LogP contribution in [0, 0.1) is 41.4 Å². The Balaban J connectivity index is 1.86. The molecule has 0 nitrogen and oxygen atoms in total. The van der Waals surface area contributed by atoms with Crippen LogP contribution in [0.15, 0.2) is 0 Å². The van der Waals surface area contributed by atoms with E-state index in [4.69, 9.17) is 0 Å². The molecule has 0 aliphatic heterocycles. The zero-order valence-corrected chi connectivity index (χ0v) is 10.5. The van der Waals surface area contributed by atoms with Gasteiger partial charge in [0.1, 0.15) is 0 Å². The zero-order valence-electron chi connectivity index (χ0n) is 10.5. The van der Waals surface area contributed by atoms with Crippen LogP contribution in [0.4, 0.5) is 0 Å². The van der Waals surface area contributed by atoms with E-state index in [0.717, 1.165) is 41.4 Å². The second-order valence-corrected chi connectivity index (χ2v) is 6.40. The summed E-state index contributed by atoms with van der Waals surface area (Å²) in [7, 11) is 0. The van der Waals surface area contributed by atoms with Gasteiger partial charge in [0.2, 0.25) is 0 Å². The summed E-state index contributed by atoms with van der Waals surface area (Å²) < 4.78 is 0. The van der Waals surface area contributed by atoms with Crippen molar-refractivity contribution in [2.45, 2.75) is 47.5 Å². The van der Waals surface area contributed by atoms with Crippen LogP contribution in [0.25, 0.3) is 0 Å². The highest BCUT2D eigenvalue weighted by Crippen LogP contribution is 2.56. The maximum absolute atomic E-state index is 2.49. The molecule has 0 amide bonds. The molecule has 0 N–H and O–H groups in total. The molecule has 0 heterocycles. The summed E-state index contributed by atoms with van der Waals surface area (Å²) >= 11 is 0. The fourth-order valence-corrected chi connectivity index (χ4v) is 3.96. The van der Waals surface area contributed by atoms with E-state index >= 15 is 0 Å². The largest absolute Gasteiger partial charge is 0.0625 e. The Bertz CT molecular complexity index is 206. The quantitative estimate of drug-likeness (QED) is 0.618. The maximum atomic E-state index is 2.49. The first kappa shape index (κ1) is 10.5. The third kappa shape index (κ3) is 1.42. The Morgan fingerprint density at radius 1 is 0.857 bits per heavy atom. The summed E-state index contributed by atoms with van der Waals surface area (Å²) in [5.74, 6) is 7.12. The smallest absolute Gasteiger partial charge is 0.0352 e. The SMILES string of the molecule is CC(C)C1CC(C2CC(C)C2C)C1C. The van der Waals surface area contributed by atoms with Gasteiger partial charge in [0.15, 0.2) is 0 Å². The molecule has 6 atom stereocenters. The van der Waals surface area contributed by atoms with E-state index in [1.54, 1.807) is 0 Å². The first-order chi connectivity index (χ1) is 6.52. The molecule has 0 saturated heterocycles. The van der Waals surface area contributed by atoms with Crippen LogP contribution >= 0.6 is 0 Å². The highest BCUT2D eigenvalue weighted by Gasteiger charge is 2.49. The van der Waals surface area contributed by atoms with Crippen LogP contribution < -0.4 is 0 Å². The fourth-order valence-electron chi connectivity index (χ4n) is 3.96. The van der Waals surface area contributed by atoms with Crippen molar-refractivity contribution in [2.75, 3.05) is 0 Å². The second-order valence-electron chi connectivity index (χ2n) is 6.40. The lowest BCUT2D eigenvalue weighted by Crippen LogP contribution is -2.49. The molecular weight excluding hydrogens is 168 g/mol. The Labute approximate surface area is 89.5 Å². The highest BCUT2D eigenvalue weighted by molar-refractivity contribution is 4.98. The summed E-state index contributed by atoms with van der Waals surface area (Å²) in [6, 6.07) is 0. The Kier molecular flexibility index (Phi) is 2.66. The molecule has 0 heteroatoms. The lowest BCUT2D eigenvalue weighted by molar-refractivity contribution is -0.0704. The first-order valence-electron chi connectivity index (χ1n) is 6.52. The average molecular weight is 194 g/mol. The molecule has 2 aliphatic rings. The summed E-state index contributed by atoms with van der Waals surface area (Å²) in [5, 5.41) is 0. The molecule has 14 heavy (non-hydrogen) atoms. The van der Waals surface area contributed by atoms with Crippen LogP contribution in [0.3, 0.4) is 0 Å². The van der Waals surface area contributed by atoms with Crippen LogP contribution in [0.2, 0.25) is 0 Å². The Morgan fingerprint density at radius 2 is 1.43 bits per heavy atom. The third-order valence-corrected chi connectivity index (χ3v) is 5.52. The molecule has 2 aliphatic carbocycles. The summed E-state index contributed by atoms with van der Waals surface area (Å²) in [4.78, 5) is 0. The lowest BCUT2D eigenvalue weighted by atomic mass is 9.49. The first-order valence-corrected chi connectivity index (χ1v) is 6.52. The van der Waals surface area contributed by atoms with Crippen molar-refractivity contribution in [2.24, 2.45) is 41.4 Å². The molecule has 0 aromatic rings. The number of hydrogen-bond acceptors (Lipinski definition) is 0. The van der Waals surface area contributed by atoms with Gasteiger partial charge in [0, 0.05) is 0 Å². The molecule has 0 radical (unpaired) electrons. The van der Waals surface area contributed by atoms with Gasteiger partial charge in [-0.3, -0.25) is 0 Å². The monoisotopic (exact) mass is 194 g/mol. The third-order valence-electron chi connectivity index (χ3n) is 5.52. The van der Waals surface area contributed by atoms with Crippen LogP contribution in [0.1, 0.15) is 47.5 Å². The zero-order chi connectivity index (χ0) is 10.5. The predicted molar refractivity (Wildman–Crippen MR) is 62.0 cm³/mol. The summed E-state index contributed by atoms with van der Waals surface area (Å²) in [6.45, 7) is 12.2. The molecule has 6 unspecified atom stereocenters. The molecule has 2 rings (SSSR count). The van der Waals surface area contributed by atoms with Gasteiger partial charge in [0.25, 0.3) is 0 Å². The van der Waals surface area contributed by atoms with E-state index in [9.17, 15) is 0 Å². The number of hydrogen-bond donors (Lipinski definition) is 0. The van der Waals surface area contributed by atoms with Crippen molar-refractivity contribution in [1.82, 2.24) is 0 Å². The Hall–Kier alpha value is 0. The van der Waals surface area contributed by atoms with E-state index in [0.29, 0.717) is 0 Å². The van der Waals surface area contributed by atoms with Crippen LogP contribution in [-0.2, 0) is 0 Å². The van der Waals surface area contributed by atoms with Gasteiger partial charge < -0.3 is 0 Å². The van der Waals surface area contributed by atoms with Gasteiger partial charge in [-0.2, -0.15) is 0 Å². The molecule has 0 aromatic heterocycles. The highest BCUT2D eigenvalue weighted by atomic mass is 14.5. The second kappa shape index (κ2) is 3.54. The maximum Gasteiger partial charge on any atom is -0.0352 e. The van der Waals surface area contributed by atoms with E-state index in [-0.39, 0.29) is 0 Å². The van der Waals surface area contributed by atoms with E-state index in [2.05, 4.69) is 34.6 Å². The minimum atomic E-state index is 0.911. The Morgan fingerprint density at radius 3 is 1.79 bits per heavy atom. The lowest BCUT2D eigenvalue weighted by Gasteiger charge is -2.56. The molecule has 82 valence electrons. The normalized spacial score (nSPS) is 52.7. The van der Waals surface area contributed by atoms with Crippen molar-refractivity contribution >= 4 is 0 Å². The predicted octanol–water partition coefficient (Wildman–Crippen LogP) is 4.21. The van der Waals surface area contributed by atoms with Crippen molar-refractivity contribution < 1.29 is 0 Å². The summed E-state index contributed by atoms with van der Waals surface area (Å²) in [5.41, 5.74) is 0. The average Bonchev–Trinajstić information content (AvgIpc) is 2.13. The van der Waals surface area contributed by atoms with Crippen LogP contribution in [0.5, 0.6) is 0 Å². The summed E-state index contributed by atoms with van der Waals surface area (Å²) in [6.07, 6.45) is 3.04. The van der Waals surface area contributed by atoms with Crippen molar-refractivity contribution in [3.63, 3.8) is 0 Å². The van der Waals surface area contributed by atoms with E-state index < -0.39 is 0 Å². The van der Waals surface area contributed by atoms with E-state index in [1.165, 1.54) is 12.8 Å².